The van der Waals surface area contributed by atoms with Crippen LogP contribution in [0.15, 0.2) is 4.52 Å². The molecular formula is C8H14N2O3. The van der Waals surface area contributed by atoms with Crippen LogP contribution in [0.25, 0.3) is 0 Å². The molecule has 5 nitrogen and oxygen atoms in total. The summed E-state index contributed by atoms with van der Waals surface area (Å²) in [5.74, 6) is 1.03. The summed E-state index contributed by atoms with van der Waals surface area (Å²) in [7, 11) is 0. The number of rotatable bonds is 5. The van der Waals surface area contributed by atoms with Crippen molar-refractivity contribution < 1.29 is 14.7 Å². The van der Waals surface area contributed by atoms with E-state index >= 15 is 0 Å². The fraction of sp³-hybridized carbons (Fsp3) is 0.750. The zero-order chi connectivity index (χ0) is 9.68. The van der Waals surface area contributed by atoms with Crippen LogP contribution >= 0.6 is 0 Å². The van der Waals surface area contributed by atoms with Crippen LogP contribution in [-0.4, -0.2) is 33.1 Å². The van der Waals surface area contributed by atoms with E-state index in [-0.39, 0.29) is 12.7 Å². The molecular weight excluding hydrogens is 172 g/mol. The molecule has 2 N–H and O–H groups in total. The number of aromatic nitrogens is 2. The van der Waals surface area contributed by atoms with Gasteiger partial charge in [0.25, 0.3) is 0 Å². The van der Waals surface area contributed by atoms with E-state index in [9.17, 15) is 0 Å². The monoisotopic (exact) mass is 186 g/mol. The molecule has 0 radical (unpaired) electrons. The highest BCUT2D eigenvalue weighted by Crippen LogP contribution is 2.03. The molecule has 1 rings (SSSR count). The molecule has 0 saturated heterocycles. The predicted octanol–water partition coefficient (Wildman–Crippen LogP) is -0.0822. The lowest BCUT2D eigenvalue weighted by Gasteiger charge is -1.98. The maximum absolute atomic E-state index is 8.99. The van der Waals surface area contributed by atoms with Crippen molar-refractivity contribution in [1.82, 2.24) is 10.1 Å². The number of aliphatic hydroxyl groups excluding tert-OH is 2. The van der Waals surface area contributed by atoms with Gasteiger partial charge in [-0.25, -0.2) is 0 Å². The summed E-state index contributed by atoms with van der Waals surface area (Å²) in [6.07, 6.45) is 1.25. The molecule has 0 aromatic carbocycles. The van der Waals surface area contributed by atoms with Crippen LogP contribution in [0.5, 0.6) is 0 Å². The van der Waals surface area contributed by atoms with Crippen molar-refractivity contribution in [2.45, 2.75) is 32.3 Å². The van der Waals surface area contributed by atoms with Gasteiger partial charge in [-0.15, -0.1) is 0 Å². The van der Waals surface area contributed by atoms with Crippen molar-refractivity contribution in [3.8, 4) is 0 Å². The fourth-order valence-corrected chi connectivity index (χ4v) is 0.926. The van der Waals surface area contributed by atoms with Gasteiger partial charge in [-0.05, 0) is 13.3 Å². The first kappa shape index (κ1) is 10.1. The van der Waals surface area contributed by atoms with E-state index in [1.54, 1.807) is 6.92 Å². The van der Waals surface area contributed by atoms with E-state index in [4.69, 9.17) is 14.7 Å². The molecule has 1 aromatic heterocycles. The summed E-state index contributed by atoms with van der Waals surface area (Å²) >= 11 is 0. The smallest absolute Gasteiger partial charge is 0.226 e. The molecule has 0 aliphatic heterocycles. The van der Waals surface area contributed by atoms with Crippen LogP contribution < -0.4 is 0 Å². The molecule has 0 bridgehead atoms. The number of nitrogens with zero attached hydrogens (tertiary/aromatic N) is 2. The van der Waals surface area contributed by atoms with Gasteiger partial charge in [0.05, 0.1) is 12.7 Å². The van der Waals surface area contributed by atoms with Crippen molar-refractivity contribution in [3.63, 3.8) is 0 Å². The van der Waals surface area contributed by atoms with Crippen molar-refractivity contribution in [1.29, 1.82) is 0 Å². The van der Waals surface area contributed by atoms with Crippen molar-refractivity contribution in [3.05, 3.63) is 11.7 Å². The average Bonchev–Trinajstić information content (AvgIpc) is 2.50. The third-order valence-electron chi connectivity index (χ3n) is 1.62. The van der Waals surface area contributed by atoms with Gasteiger partial charge < -0.3 is 14.7 Å². The zero-order valence-corrected chi connectivity index (χ0v) is 7.60. The molecule has 0 saturated carbocycles. The molecule has 0 aliphatic rings. The highest BCUT2D eigenvalue weighted by Gasteiger charge is 2.06. The van der Waals surface area contributed by atoms with Crippen LogP contribution in [0.1, 0.15) is 25.1 Å². The van der Waals surface area contributed by atoms with Crippen LogP contribution in [-0.2, 0) is 12.8 Å². The van der Waals surface area contributed by atoms with Crippen LogP contribution in [0.4, 0.5) is 0 Å². The molecule has 0 spiro atoms. The number of aryl methyl sites for hydroxylation is 1. The Balaban J connectivity index is 2.39. The second kappa shape index (κ2) is 4.94. The predicted molar refractivity (Wildman–Crippen MR) is 45.1 cm³/mol. The maximum atomic E-state index is 8.99. The molecule has 1 heterocycles. The molecule has 0 fully saturated rings. The van der Waals surface area contributed by atoms with E-state index < -0.39 is 0 Å². The Morgan fingerprint density at radius 1 is 1.46 bits per heavy atom. The molecule has 1 atom stereocenters. The molecule has 13 heavy (non-hydrogen) atoms. The second-order valence-corrected chi connectivity index (χ2v) is 2.97. The Labute approximate surface area is 76.4 Å². The molecule has 74 valence electrons. The topological polar surface area (TPSA) is 79.4 Å². The zero-order valence-electron chi connectivity index (χ0n) is 7.60. The summed E-state index contributed by atoms with van der Waals surface area (Å²) in [4.78, 5) is 4.02. The Bertz CT molecular complexity index is 247. The van der Waals surface area contributed by atoms with Gasteiger partial charge in [-0.1, -0.05) is 5.16 Å². The highest BCUT2D eigenvalue weighted by atomic mass is 16.5. The molecule has 1 unspecified atom stereocenters. The lowest BCUT2D eigenvalue weighted by Crippen LogP contribution is -2.01. The molecule has 5 heteroatoms. The van der Waals surface area contributed by atoms with Crippen LogP contribution in [0.2, 0.25) is 0 Å². The van der Waals surface area contributed by atoms with Gasteiger partial charge in [-0.3, -0.25) is 0 Å². The Kier molecular flexibility index (Phi) is 3.85. The van der Waals surface area contributed by atoms with Crippen molar-refractivity contribution >= 4 is 0 Å². The Morgan fingerprint density at radius 2 is 2.23 bits per heavy atom. The molecule has 1 aromatic rings. The normalized spacial score (nSPS) is 13.2. The van der Waals surface area contributed by atoms with E-state index in [1.807, 2.05) is 0 Å². The van der Waals surface area contributed by atoms with Gasteiger partial charge in [0.1, 0.15) is 0 Å². The van der Waals surface area contributed by atoms with E-state index in [0.717, 1.165) is 0 Å². The number of aliphatic hydroxyl groups is 2. The van der Waals surface area contributed by atoms with E-state index in [2.05, 4.69) is 10.1 Å². The Hall–Kier alpha value is -0.940. The highest BCUT2D eigenvalue weighted by molar-refractivity contribution is 4.86. The molecule has 0 amide bonds. The minimum absolute atomic E-state index is 0.0232. The van der Waals surface area contributed by atoms with Crippen molar-refractivity contribution in [2.75, 3.05) is 6.61 Å². The number of hydrogen-bond donors (Lipinski definition) is 2. The van der Waals surface area contributed by atoms with Crippen molar-refractivity contribution in [2.24, 2.45) is 0 Å². The van der Waals surface area contributed by atoms with Crippen LogP contribution in [0.3, 0.4) is 0 Å². The van der Waals surface area contributed by atoms with Gasteiger partial charge in [0.15, 0.2) is 5.82 Å². The minimum atomic E-state index is -0.354. The van der Waals surface area contributed by atoms with Gasteiger partial charge in [0.2, 0.25) is 5.89 Å². The third kappa shape index (κ3) is 3.52. The summed E-state index contributed by atoms with van der Waals surface area (Å²) in [6, 6.07) is 0. The quantitative estimate of drug-likeness (QED) is 0.672. The summed E-state index contributed by atoms with van der Waals surface area (Å²) in [6.45, 7) is 1.74. The second-order valence-electron chi connectivity index (χ2n) is 2.97. The molecule has 0 aliphatic carbocycles. The van der Waals surface area contributed by atoms with Gasteiger partial charge in [-0.2, -0.15) is 4.98 Å². The first-order valence-electron chi connectivity index (χ1n) is 4.32. The summed E-state index contributed by atoms with van der Waals surface area (Å²) in [5.41, 5.74) is 0. The fourth-order valence-electron chi connectivity index (χ4n) is 0.926. The standard InChI is InChI=1S/C8H14N2O3/c1-6(12)2-3-8-9-7(4-5-11)10-13-8/h6,11-12H,2-5H2,1H3. The summed E-state index contributed by atoms with van der Waals surface area (Å²) in [5, 5.41) is 21.2. The van der Waals surface area contributed by atoms with E-state index in [1.165, 1.54) is 0 Å². The lowest BCUT2D eigenvalue weighted by atomic mass is 10.2. The number of hydrogen-bond acceptors (Lipinski definition) is 5. The third-order valence-corrected chi connectivity index (χ3v) is 1.62. The first-order chi connectivity index (χ1) is 6.22. The lowest BCUT2D eigenvalue weighted by molar-refractivity contribution is 0.180. The largest absolute Gasteiger partial charge is 0.396 e. The van der Waals surface area contributed by atoms with Gasteiger partial charge >= 0.3 is 0 Å². The summed E-state index contributed by atoms with van der Waals surface area (Å²) < 4.78 is 4.88. The SMILES string of the molecule is CC(O)CCc1nc(CCO)no1. The average molecular weight is 186 g/mol. The van der Waals surface area contributed by atoms with Crippen LogP contribution in [0, 0.1) is 0 Å². The minimum Gasteiger partial charge on any atom is -0.396 e. The van der Waals surface area contributed by atoms with Gasteiger partial charge in [0, 0.05) is 12.8 Å². The van der Waals surface area contributed by atoms with E-state index in [0.29, 0.717) is 31.0 Å². The Morgan fingerprint density at radius 3 is 2.85 bits per heavy atom. The first-order valence-corrected chi connectivity index (χ1v) is 4.32. The maximum Gasteiger partial charge on any atom is 0.226 e.